The molecule has 10 rings (SSSR count). The number of nitrogens with one attached hydrogen (secondary N) is 1. The van der Waals surface area contributed by atoms with Crippen LogP contribution in [0, 0.1) is 0 Å². The number of rotatable bonds is 11. The molecule has 6 aliphatic heterocycles. The molecule has 5 amide bonds. The van der Waals surface area contributed by atoms with E-state index in [0.717, 1.165) is 111 Å². The van der Waals surface area contributed by atoms with E-state index in [-0.39, 0.29) is 41.5 Å². The average molecular weight is 907 g/mol. The van der Waals surface area contributed by atoms with Crippen molar-refractivity contribution in [3.63, 3.8) is 0 Å². The van der Waals surface area contributed by atoms with E-state index < -0.39 is 36.1 Å². The smallest absolute Gasteiger partial charge is 0.266 e. The third kappa shape index (κ3) is 8.15. The molecule has 8 heterocycles. The van der Waals surface area contributed by atoms with Crippen LogP contribution in [0.15, 0.2) is 42.7 Å². The predicted molar refractivity (Wildman–Crippen MR) is 238 cm³/mol. The number of carbonyl (C=O) groups is 5. The average Bonchev–Trinajstić information content (AvgIpc) is 4.00. The van der Waals surface area contributed by atoms with Gasteiger partial charge in [0.2, 0.25) is 17.7 Å². The number of piperidine rings is 3. The molecule has 2 aromatic heterocycles. The van der Waals surface area contributed by atoms with Crippen LogP contribution in [-0.4, -0.2) is 133 Å². The van der Waals surface area contributed by atoms with Crippen LogP contribution in [0.25, 0.3) is 11.1 Å². The van der Waals surface area contributed by atoms with Crippen LogP contribution in [0.1, 0.15) is 114 Å². The molecule has 66 heavy (non-hydrogen) atoms. The van der Waals surface area contributed by atoms with Crippen molar-refractivity contribution in [1.29, 1.82) is 0 Å². The number of benzene rings is 2. The normalized spacial score (nSPS) is 21.1. The van der Waals surface area contributed by atoms with Crippen molar-refractivity contribution in [3.8, 4) is 16.9 Å². The van der Waals surface area contributed by atoms with Crippen LogP contribution in [-0.2, 0) is 40.8 Å². The molecule has 348 valence electrons. The quantitative estimate of drug-likeness (QED) is 0.156. The van der Waals surface area contributed by atoms with E-state index in [2.05, 4.69) is 29.8 Å². The minimum absolute atomic E-state index is 0.0141. The number of amides is 5. The Morgan fingerprint density at radius 1 is 0.909 bits per heavy atom. The molecule has 6 aliphatic rings. The first-order valence-electron chi connectivity index (χ1n) is 23.4. The third-order valence-electron chi connectivity index (χ3n) is 14.6. The number of hydrogen-bond acceptors (Lipinski definition) is 11. The summed E-state index contributed by atoms with van der Waals surface area (Å²) in [6, 6.07) is 8.13. The second-order valence-corrected chi connectivity index (χ2v) is 18.6. The highest BCUT2D eigenvalue weighted by Gasteiger charge is 2.46. The lowest BCUT2D eigenvalue weighted by Crippen LogP contribution is -2.54. The van der Waals surface area contributed by atoms with Gasteiger partial charge in [-0.15, -0.1) is 0 Å². The summed E-state index contributed by atoms with van der Waals surface area (Å²) in [7, 11) is 1.78. The van der Waals surface area contributed by atoms with E-state index in [9.17, 15) is 32.8 Å². The van der Waals surface area contributed by atoms with Crippen LogP contribution in [0.4, 0.5) is 20.3 Å². The lowest BCUT2D eigenvalue weighted by atomic mass is 9.92. The monoisotopic (exact) mass is 906 g/mol. The highest BCUT2D eigenvalue weighted by atomic mass is 19.3. The maximum atomic E-state index is 14.7. The van der Waals surface area contributed by atoms with Gasteiger partial charge in [0.1, 0.15) is 11.8 Å². The van der Waals surface area contributed by atoms with Crippen molar-refractivity contribution in [2.24, 2.45) is 7.05 Å². The number of alkyl halides is 2. The van der Waals surface area contributed by atoms with Crippen molar-refractivity contribution in [3.05, 3.63) is 76.2 Å². The van der Waals surface area contributed by atoms with E-state index in [4.69, 9.17) is 9.84 Å². The Labute approximate surface area is 381 Å². The molecule has 0 spiro atoms. The molecule has 4 aromatic rings. The van der Waals surface area contributed by atoms with Gasteiger partial charge in [0.25, 0.3) is 18.2 Å². The molecule has 16 nitrogen and oxygen atoms in total. The van der Waals surface area contributed by atoms with E-state index in [1.165, 1.54) is 0 Å². The van der Waals surface area contributed by atoms with E-state index in [1.807, 2.05) is 11.0 Å². The second kappa shape index (κ2) is 18.0. The molecule has 1 N–H and O–H groups in total. The second-order valence-electron chi connectivity index (χ2n) is 18.6. The topological polar surface area (TPSA) is 158 Å². The molecule has 3 fully saturated rings. The van der Waals surface area contributed by atoms with Crippen LogP contribution in [0.2, 0.25) is 0 Å². The molecule has 0 bridgehead atoms. The molecule has 0 radical (unpaired) electrons. The number of likely N-dealkylation sites (tertiary alicyclic amines) is 2. The van der Waals surface area contributed by atoms with Crippen molar-refractivity contribution in [2.75, 3.05) is 57.3 Å². The summed E-state index contributed by atoms with van der Waals surface area (Å²) in [5.74, 6) is -1.07. The summed E-state index contributed by atoms with van der Waals surface area (Å²) in [5, 5.41) is 11.8. The molecular formula is C48H56F2N10O6. The summed E-state index contributed by atoms with van der Waals surface area (Å²) < 4.78 is 39.4. The minimum Gasteiger partial charge on any atom is -0.493 e. The van der Waals surface area contributed by atoms with E-state index in [1.54, 1.807) is 55.3 Å². The first-order valence-corrected chi connectivity index (χ1v) is 23.4. The van der Waals surface area contributed by atoms with Gasteiger partial charge >= 0.3 is 0 Å². The standard InChI is InChI=1S/C48H56F2N10O6/c1-29(61)57-22-15-38-37(28-57)45(58-17-4-6-30-24-35(31-26-51-54(2)27-31)36(44(49)50)25-40(30)58)53-60(38)33-13-20-56(21-14-33)32-11-18-55(19-12-32)16-5-23-66-41-8-3-7-34-43(41)48(65)59(47(34)64)39-9-10-42(62)52-46(39)63/h3,7-8,24-27,32-33,39,44H,4-6,9-23,28H2,1-2H3,(H,52,62,63). The van der Waals surface area contributed by atoms with Gasteiger partial charge in [-0.3, -0.25) is 43.6 Å². The van der Waals surface area contributed by atoms with Crippen molar-refractivity contribution in [2.45, 2.75) is 102 Å². The fraction of sp³-hybridized carbons (Fsp3) is 0.521. The Balaban J connectivity index is 0.755. The van der Waals surface area contributed by atoms with Crippen molar-refractivity contribution in [1.82, 2.24) is 44.5 Å². The van der Waals surface area contributed by atoms with Gasteiger partial charge in [-0.25, -0.2) is 8.78 Å². The zero-order valence-corrected chi connectivity index (χ0v) is 37.5. The van der Waals surface area contributed by atoms with E-state index >= 15 is 0 Å². The Morgan fingerprint density at radius 2 is 1.70 bits per heavy atom. The molecule has 0 saturated carbocycles. The van der Waals surface area contributed by atoms with Gasteiger partial charge < -0.3 is 24.3 Å². The van der Waals surface area contributed by atoms with Gasteiger partial charge in [0.15, 0.2) is 5.82 Å². The number of ether oxygens (including phenoxy) is 1. The molecule has 3 saturated heterocycles. The highest BCUT2D eigenvalue weighted by molar-refractivity contribution is 6.24. The zero-order valence-electron chi connectivity index (χ0n) is 37.5. The Bertz CT molecular complexity index is 2580. The maximum absolute atomic E-state index is 14.7. The van der Waals surface area contributed by atoms with Crippen LogP contribution >= 0.6 is 0 Å². The maximum Gasteiger partial charge on any atom is 0.266 e. The number of aryl methyl sites for hydroxylation is 2. The molecule has 2 aromatic carbocycles. The third-order valence-corrected chi connectivity index (χ3v) is 14.6. The summed E-state index contributed by atoms with van der Waals surface area (Å²) >= 11 is 0. The number of imide groups is 2. The largest absolute Gasteiger partial charge is 0.493 e. The van der Waals surface area contributed by atoms with Crippen LogP contribution < -0.4 is 15.0 Å². The van der Waals surface area contributed by atoms with Gasteiger partial charge in [0.05, 0.1) is 36.5 Å². The number of nitrogens with zero attached hydrogens (tertiary/aromatic N) is 9. The Kier molecular flexibility index (Phi) is 12.0. The fourth-order valence-electron chi connectivity index (χ4n) is 11.2. The van der Waals surface area contributed by atoms with Gasteiger partial charge in [-0.1, -0.05) is 6.07 Å². The van der Waals surface area contributed by atoms with E-state index in [0.29, 0.717) is 55.6 Å². The number of halogens is 2. The Hall–Kier alpha value is -6.01. The van der Waals surface area contributed by atoms with Gasteiger partial charge in [0, 0.05) is 99.8 Å². The molecule has 1 atom stereocenters. The Morgan fingerprint density at radius 3 is 2.42 bits per heavy atom. The van der Waals surface area contributed by atoms with Crippen molar-refractivity contribution >= 4 is 41.0 Å². The molecule has 18 heteroatoms. The fourth-order valence-corrected chi connectivity index (χ4v) is 11.2. The highest BCUT2D eigenvalue weighted by Crippen LogP contribution is 2.44. The predicted octanol–water partition coefficient (Wildman–Crippen LogP) is 5.18. The SMILES string of the molecule is CC(=O)N1CCc2c(c(N3CCCc4cc(-c5cnn(C)c5)c(C(F)F)cc43)nn2C2CCN(C3CCN(CCCOc4cccc5c4C(=O)N(C4CCC(=O)NC4=O)C5=O)CC3)CC2)C1. The first-order chi connectivity index (χ1) is 31.9. The van der Waals surface area contributed by atoms with Gasteiger partial charge in [-0.05, 0) is 99.8 Å². The first kappa shape index (κ1) is 43.9. The number of carbonyl (C=O) groups excluding carboxylic acids is 5. The zero-order chi connectivity index (χ0) is 45.8. The lowest BCUT2D eigenvalue weighted by molar-refractivity contribution is -0.136. The summed E-state index contributed by atoms with van der Waals surface area (Å²) in [5.41, 5.74) is 5.46. The number of aromatic nitrogens is 4. The molecule has 1 unspecified atom stereocenters. The summed E-state index contributed by atoms with van der Waals surface area (Å²) in [6.07, 6.45) is 7.98. The molecular weight excluding hydrogens is 851 g/mol. The van der Waals surface area contributed by atoms with Crippen LogP contribution in [0.3, 0.4) is 0 Å². The van der Waals surface area contributed by atoms with Gasteiger partial charge in [-0.2, -0.15) is 10.2 Å². The summed E-state index contributed by atoms with van der Waals surface area (Å²) in [4.78, 5) is 73.6. The number of hydrogen-bond donors (Lipinski definition) is 1. The number of anilines is 2. The minimum atomic E-state index is -2.67. The summed E-state index contributed by atoms with van der Waals surface area (Å²) in [6.45, 7) is 8.38. The van der Waals surface area contributed by atoms with Crippen LogP contribution in [0.5, 0.6) is 5.75 Å². The number of fused-ring (bicyclic) bond motifs is 3. The van der Waals surface area contributed by atoms with Crippen molar-refractivity contribution < 1.29 is 37.5 Å². The molecule has 0 aliphatic carbocycles. The lowest BCUT2D eigenvalue weighted by Gasteiger charge is -2.42.